The summed E-state index contributed by atoms with van der Waals surface area (Å²) in [4.78, 5) is 0.319. The zero-order valence-electron chi connectivity index (χ0n) is 12.4. The fourth-order valence-electron chi connectivity index (χ4n) is 2.18. The Morgan fingerprint density at radius 1 is 0.905 bits per heavy atom. The molecule has 0 aliphatic carbocycles. The lowest BCUT2D eigenvalue weighted by atomic mass is 10.00. The highest BCUT2D eigenvalue weighted by Crippen LogP contribution is 2.21. The van der Waals surface area contributed by atoms with Gasteiger partial charge in [-0.3, -0.25) is 0 Å². The lowest BCUT2D eigenvalue weighted by Gasteiger charge is -2.14. The molecule has 2 aromatic carbocycles. The van der Waals surface area contributed by atoms with Crippen LogP contribution in [0.2, 0.25) is 0 Å². The number of benzene rings is 2. The van der Waals surface area contributed by atoms with Gasteiger partial charge >= 0.3 is 0 Å². The van der Waals surface area contributed by atoms with Crippen LogP contribution < -0.4 is 5.73 Å². The van der Waals surface area contributed by atoms with Crippen LogP contribution in [0, 0.1) is 0 Å². The van der Waals surface area contributed by atoms with Crippen LogP contribution in [0.5, 0.6) is 0 Å². The quantitative estimate of drug-likeness (QED) is 0.922. The van der Waals surface area contributed by atoms with Crippen molar-refractivity contribution < 1.29 is 8.42 Å². The molecule has 0 radical (unpaired) electrons. The largest absolute Gasteiger partial charge is 0.323 e. The SMILES string of the molecule is CC(C)c1ccc(C(N)CS(=O)(=O)c2ccccc2)cc1. The van der Waals surface area contributed by atoms with Gasteiger partial charge in [0.05, 0.1) is 10.6 Å². The third-order valence-corrected chi connectivity index (χ3v) is 5.32. The van der Waals surface area contributed by atoms with Crippen LogP contribution in [0.4, 0.5) is 0 Å². The number of hydrogen-bond donors (Lipinski definition) is 1. The summed E-state index contributed by atoms with van der Waals surface area (Å²) in [5.41, 5.74) is 8.13. The van der Waals surface area contributed by atoms with Gasteiger partial charge in [0, 0.05) is 6.04 Å². The Kier molecular flexibility index (Phi) is 4.80. The summed E-state index contributed by atoms with van der Waals surface area (Å²) in [7, 11) is -3.36. The van der Waals surface area contributed by atoms with Crippen molar-refractivity contribution in [1.82, 2.24) is 0 Å². The van der Waals surface area contributed by atoms with Crippen LogP contribution in [-0.4, -0.2) is 14.2 Å². The first kappa shape index (κ1) is 15.7. The molecule has 2 rings (SSSR count). The van der Waals surface area contributed by atoms with Crippen LogP contribution in [0.25, 0.3) is 0 Å². The number of sulfone groups is 1. The lowest BCUT2D eigenvalue weighted by Crippen LogP contribution is -2.21. The van der Waals surface area contributed by atoms with E-state index < -0.39 is 15.9 Å². The molecule has 4 heteroatoms. The molecule has 0 amide bonds. The van der Waals surface area contributed by atoms with Crippen molar-refractivity contribution in [3.8, 4) is 0 Å². The van der Waals surface area contributed by atoms with E-state index in [0.717, 1.165) is 5.56 Å². The average Bonchev–Trinajstić information content (AvgIpc) is 2.48. The molecule has 3 nitrogen and oxygen atoms in total. The number of hydrogen-bond acceptors (Lipinski definition) is 3. The maximum absolute atomic E-state index is 12.3. The average molecular weight is 303 g/mol. The zero-order chi connectivity index (χ0) is 15.5. The van der Waals surface area contributed by atoms with E-state index >= 15 is 0 Å². The first-order valence-corrected chi connectivity index (χ1v) is 8.68. The predicted octanol–water partition coefficient (Wildman–Crippen LogP) is 3.28. The highest BCUT2D eigenvalue weighted by molar-refractivity contribution is 7.91. The zero-order valence-corrected chi connectivity index (χ0v) is 13.2. The van der Waals surface area contributed by atoms with E-state index in [0.29, 0.717) is 10.8 Å². The van der Waals surface area contributed by atoms with E-state index in [1.54, 1.807) is 30.3 Å². The molecule has 0 bridgehead atoms. The molecule has 21 heavy (non-hydrogen) atoms. The van der Waals surface area contributed by atoms with Gasteiger partial charge in [0.2, 0.25) is 0 Å². The van der Waals surface area contributed by atoms with E-state index in [2.05, 4.69) is 13.8 Å². The first-order valence-electron chi connectivity index (χ1n) is 7.03. The van der Waals surface area contributed by atoms with Crippen molar-refractivity contribution in [1.29, 1.82) is 0 Å². The maximum Gasteiger partial charge on any atom is 0.180 e. The van der Waals surface area contributed by atoms with Gasteiger partial charge in [0.1, 0.15) is 0 Å². The monoisotopic (exact) mass is 303 g/mol. The summed E-state index contributed by atoms with van der Waals surface area (Å²) in [5.74, 6) is 0.362. The second kappa shape index (κ2) is 6.41. The summed E-state index contributed by atoms with van der Waals surface area (Å²) in [6.45, 7) is 4.24. The summed E-state index contributed by atoms with van der Waals surface area (Å²) in [6, 6.07) is 15.8. The van der Waals surface area contributed by atoms with E-state index in [1.807, 2.05) is 24.3 Å². The number of rotatable bonds is 5. The molecule has 0 aliphatic rings. The Balaban J connectivity index is 2.16. The van der Waals surface area contributed by atoms with Gasteiger partial charge < -0.3 is 5.73 Å². The van der Waals surface area contributed by atoms with Crippen molar-refractivity contribution in [2.45, 2.75) is 30.7 Å². The molecule has 0 heterocycles. The second-order valence-corrected chi connectivity index (χ2v) is 7.56. The summed E-state index contributed by atoms with van der Waals surface area (Å²) in [5, 5.41) is 0. The van der Waals surface area contributed by atoms with Gasteiger partial charge in [-0.05, 0) is 29.2 Å². The predicted molar refractivity (Wildman–Crippen MR) is 86.0 cm³/mol. The van der Waals surface area contributed by atoms with Gasteiger partial charge in [-0.25, -0.2) is 8.42 Å². The maximum atomic E-state index is 12.3. The Hall–Kier alpha value is -1.65. The van der Waals surface area contributed by atoms with Crippen molar-refractivity contribution in [2.75, 3.05) is 5.75 Å². The van der Waals surface area contributed by atoms with Gasteiger partial charge in [0.15, 0.2) is 9.84 Å². The van der Waals surface area contributed by atoms with Crippen LogP contribution in [0.3, 0.4) is 0 Å². The van der Waals surface area contributed by atoms with Crippen LogP contribution in [0.15, 0.2) is 59.5 Å². The third-order valence-electron chi connectivity index (χ3n) is 3.53. The molecular weight excluding hydrogens is 282 g/mol. The minimum atomic E-state index is -3.36. The topological polar surface area (TPSA) is 60.2 Å². The lowest BCUT2D eigenvalue weighted by molar-refractivity contribution is 0.589. The Morgan fingerprint density at radius 3 is 1.95 bits per heavy atom. The summed E-state index contributed by atoms with van der Waals surface area (Å²) >= 11 is 0. The van der Waals surface area contributed by atoms with E-state index in [-0.39, 0.29) is 5.75 Å². The van der Waals surface area contributed by atoms with Gasteiger partial charge in [-0.2, -0.15) is 0 Å². The fraction of sp³-hybridized carbons (Fsp3) is 0.294. The van der Waals surface area contributed by atoms with Gasteiger partial charge in [-0.1, -0.05) is 56.3 Å². The standard InChI is InChI=1S/C17H21NO2S/c1-13(2)14-8-10-15(11-9-14)17(18)12-21(19,20)16-6-4-3-5-7-16/h3-11,13,17H,12,18H2,1-2H3. The third kappa shape index (κ3) is 3.93. The first-order chi connectivity index (χ1) is 9.90. The van der Waals surface area contributed by atoms with E-state index in [1.165, 1.54) is 5.56 Å². The van der Waals surface area contributed by atoms with E-state index in [9.17, 15) is 8.42 Å². The smallest absolute Gasteiger partial charge is 0.180 e. The molecule has 0 saturated carbocycles. The molecule has 0 spiro atoms. The normalized spacial score (nSPS) is 13.3. The van der Waals surface area contributed by atoms with Gasteiger partial charge in [0.25, 0.3) is 0 Å². The molecule has 0 fully saturated rings. The van der Waals surface area contributed by atoms with Crippen molar-refractivity contribution >= 4 is 9.84 Å². The molecule has 2 aromatic rings. The van der Waals surface area contributed by atoms with Crippen LogP contribution in [-0.2, 0) is 9.84 Å². The Bertz CT molecular complexity index is 676. The molecule has 0 aromatic heterocycles. The van der Waals surface area contributed by atoms with Crippen molar-refractivity contribution in [3.63, 3.8) is 0 Å². The fourth-order valence-corrected chi connectivity index (χ4v) is 3.61. The van der Waals surface area contributed by atoms with Gasteiger partial charge in [-0.15, -0.1) is 0 Å². The number of nitrogens with two attached hydrogens (primary N) is 1. The Labute approximate surface area is 126 Å². The molecular formula is C17H21NO2S. The highest BCUT2D eigenvalue weighted by atomic mass is 32.2. The molecule has 0 saturated heterocycles. The van der Waals surface area contributed by atoms with Crippen LogP contribution in [0.1, 0.15) is 36.9 Å². The van der Waals surface area contributed by atoms with Crippen molar-refractivity contribution in [2.24, 2.45) is 5.73 Å². The molecule has 1 unspecified atom stereocenters. The molecule has 1 atom stereocenters. The van der Waals surface area contributed by atoms with E-state index in [4.69, 9.17) is 5.73 Å². The molecule has 0 aliphatic heterocycles. The minimum Gasteiger partial charge on any atom is -0.323 e. The minimum absolute atomic E-state index is 0.0853. The molecule has 2 N–H and O–H groups in total. The molecule has 112 valence electrons. The summed E-state index contributed by atoms with van der Waals surface area (Å²) in [6.07, 6.45) is 0. The van der Waals surface area contributed by atoms with Crippen molar-refractivity contribution in [3.05, 3.63) is 65.7 Å². The Morgan fingerprint density at radius 2 is 1.43 bits per heavy atom. The van der Waals surface area contributed by atoms with Crippen LogP contribution >= 0.6 is 0 Å². The highest BCUT2D eigenvalue weighted by Gasteiger charge is 2.19. The second-order valence-electron chi connectivity index (χ2n) is 5.52. The summed E-state index contributed by atoms with van der Waals surface area (Å²) < 4.78 is 24.6.